The number of benzene rings is 2. The van der Waals surface area contributed by atoms with Gasteiger partial charge in [0.2, 0.25) is 5.91 Å². The van der Waals surface area contributed by atoms with Crippen molar-refractivity contribution in [1.29, 1.82) is 0 Å². The van der Waals surface area contributed by atoms with Crippen LogP contribution in [-0.2, 0) is 18.3 Å². The van der Waals surface area contributed by atoms with Crippen molar-refractivity contribution in [3.63, 3.8) is 0 Å². The Kier molecular flexibility index (Phi) is 7.13. The Labute approximate surface area is 174 Å². The van der Waals surface area contributed by atoms with Gasteiger partial charge in [-0.05, 0) is 48.9 Å². The van der Waals surface area contributed by atoms with Gasteiger partial charge in [0.05, 0.1) is 19.5 Å². The van der Waals surface area contributed by atoms with E-state index in [1.54, 1.807) is 7.11 Å². The van der Waals surface area contributed by atoms with Crippen LogP contribution in [0.25, 0.3) is 0 Å². The molecule has 152 valence electrons. The third-order valence-corrected chi connectivity index (χ3v) is 5.25. The Morgan fingerprint density at radius 3 is 2.41 bits per heavy atom. The van der Waals surface area contributed by atoms with Crippen LogP contribution < -0.4 is 14.8 Å². The maximum atomic E-state index is 12.2. The molecule has 7 nitrogen and oxygen atoms in total. The van der Waals surface area contributed by atoms with Crippen LogP contribution in [0, 0.1) is 0 Å². The Morgan fingerprint density at radius 2 is 1.76 bits per heavy atom. The average Bonchev–Trinajstić information content (AvgIpc) is 3.08. The second kappa shape index (κ2) is 9.97. The number of amides is 1. The van der Waals surface area contributed by atoms with E-state index in [-0.39, 0.29) is 11.7 Å². The number of nitrogens with zero attached hydrogens (tertiary/aromatic N) is 3. The van der Waals surface area contributed by atoms with Gasteiger partial charge in [0.1, 0.15) is 17.3 Å². The SMILES string of the molecule is CCOc1ccc(NC(=O)CSc2nnc(Cc3ccc(OC)cc3)n2C)cc1. The first-order valence-corrected chi connectivity index (χ1v) is 10.2. The highest BCUT2D eigenvalue weighted by atomic mass is 32.2. The van der Waals surface area contributed by atoms with Crippen LogP contribution in [0.3, 0.4) is 0 Å². The standard InChI is InChI=1S/C21H24N4O3S/c1-4-28-18-11-7-16(8-12-18)22-20(26)14-29-21-24-23-19(25(21)2)13-15-5-9-17(27-3)10-6-15/h5-12H,4,13-14H2,1-3H3,(H,22,26). The van der Waals surface area contributed by atoms with E-state index in [1.165, 1.54) is 11.8 Å². The van der Waals surface area contributed by atoms with E-state index in [0.717, 1.165) is 28.6 Å². The van der Waals surface area contributed by atoms with Crippen LogP contribution in [-0.4, -0.2) is 40.1 Å². The highest BCUT2D eigenvalue weighted by molar-refractivity contribution is 7.99. The molecule has 29 heavy (non-hydrogen) atoms. The molecule has 0 saturated heterocycles. The van der Waals surface area contributed by atoms with E-state index in [4.69, 9.17) is 9.47 Å². The van der Waals surface area contributed by atoms with Gasteiger partial charge in [0, 0.05) is 19.2 Å². The summed E-state index contributed by atoms with van der Waals surface area (Å²) in [6.07, 6.45) is 0.659. The second-order valence-corrected chi connectivity index (χ2v) is 7.22. The number of rotatable bonds is 9. The minimum atomic E-state index is -0.0983. The lowest BCUT2D eigenvalue weighted by Crippen LogP contribution is -2.14. The van der Waals surface area contributed by atoms with Gasteiger partial charge in [-0.2, -0.15) is 0 Å². The summed E-state index contributed by atoms with van der Waals surface area (Å²) in [5, 5.41) is 12.0. The number of hydrogen-bond donors (Lipinski definition) is 1. The first-order valence-electron chi connectivity index (χ1n) is 9.25. The van der Waals surface area contributed by atoms with Crippen LogP contribution in [0.4, 0.5) is 5.69 Å². The molecule has 1 amide bonds. The van der Waals surface area contributed by atoms with E-state index in [2.05, 4.69) is 15.5 Å². The van der Waals surface area contributed by atoms with Gasteiger partial charge in [-0.15, -0.1) is 10.2 Å². The monoisotopic (exact) mass is 412 g/mol. The minimum absolute atomic E-state index is 0.0983. The van der Waals surface area contributed by atoms with E-state index in [1.807, 2.05) is 67.1 Å². The van der Waals surface area contributed by atoms with Gasteiger partial charge in [-0.3, -0.25) is 4.79 Å². The second-order valence-electron chi connectivity index (χ2n) is 6.28. The number of ether oxygens (including phenoxy) is 2. The summed E-state index contributed by atoms with van der Waals surface area (Å²) in [6, 6.07) is 15.2. The molecule has 0 bridgehead atoms. The molecule has 0 aliphatic heterocycles. The molecular weight excluding hydrogens is 388 g/mol. The number of carbonyl (C=O) groups excluding carboxylic acids is 1. The molecule has 0 aliphatic carbocycles. The zero-order valence-corrected chi connectivity index (χ0v) is 17.5. The summed E-state index contributed by atoms with van der Waals surface area (Å²) in [5.74, 6) is 2.59. The summed E-state index contributed by atoms with van der Waals surface area (Å²) < 4.78 is 12.5. The molecule has 8 heteroatoms. The van der Waals surface area contributed by atoms with E-state index in [9.17, 15) is 4.79 Å². The van der Waals surface area contributed by atoms with Crippen molar-refractivity contribution in [2.75, 3.05) is 24.8 Å². The maximum Gasteiger partial charge on any atom is 0.234 e. The topological polar surface area (TPSA) is 78.3 Å². The molecule has 0 radical (unpaired) electrons. The molecule has 0 saturated carbocycles. The summed E-state index contributed by atoms with van der Waals surface area (Å²) in [4.78, 5) is 12.2. The van der Waals surface area contributed by atoms with Crippen molar-refractivity contribution in [1.82, 2.24) is 14.8 Å². The molecule has 0 fully saturated rings. The molecule has 0 atom stereocenters. The minimum Gasteiger partial charge on any atom is -0.497 e. The van der Waals surface area contributed by atoms with Crippen molar-refractivity contribution in [3.05, 3.63) is 59.9 Å². The van der Waals surface area contributed by atoms with Gasteiger partial charge in [-0.25, -0.2) is 0 Å². The Morgan fingerprint density at radius 1 is 1.07 bits per heavy atom. The number of thioether (sulfide) groups is 1. The van der Waals surface area contributed by atoms with Crippen LogP contribution in [0.1, 0.15) is 18.3 Å². The van der Waals surface area contributed by atoms with Crippen LogP contribution in [0.2, 0.25) is 0 Å². The zero-order valence-electron chi connectivity index (χ0n) is 16.7. The largest absolute Gasteiger partial charge is 0.497 e. The number of aromatic nitrogens is 3. The molecule has 0 aliphatic rings. The lowest BCUT2D eigenvalue weighted by Gasteiger charge is -2.07. The molecule has 3 aromatic rings. The Bertz CT molecular complexity index is 940. The molecule has 1 N–H and O–H groups in total. The van der Waals surface area contributed by atoms with Crippen molar-refractivity contribution in [2.24, 2.45) is 7.05 Å². The van der Waals surface area contributed by atoms with Gasteiger partial charge in [-0.1, -0.05) is 23.9 Å². The quantitative estimate of drug-likeness (QED) is 0.542. The van der Waals surface area contributed by atoms with Crippen molar-refractivity contribution in [2.45, 2.75) is 18.5 Å². The smallest absolute Gasteiger partial charge is 0.234 e. The van der Waals surface area contributed by atoms with Crippen molar-refractivity contribution >= 4 is 23.4 Å². The average molecular weight is 413 g/mol. The van der Waals surface area contributed by atoms with Crippen LogP contribution >= 0.6 is 11.8 Å². The Balaban J connectivity index is 1.53. The van der Waals surface area contributed by atoms with Crippen LogP contribution in [0.15, 0.2) is 53.7 Å². The summed E-state index contributed by atoms with van der Waals surface area (Å²) in [7, 11) is 3.55. The summed E-state index contributed by atoms with van der Waals surface area (Å²) in [6.45, 7) is 2.54. The lowest BCUT2D eigenvalue weighted by molar-refractivity contribution is -0.113. The normalized spacial score (nSPS) is 10.6. The predicted molar refractivity (Wildman–Crippen MR) is 114 cm³/mol. The number of hydrogen-bond acceptors (Lipinski definition) is 6. The fourth-order valence-electron chi connectivity index (χ4n) is 2.68. The summed E-state index contributed by atoms with van der Waals surface area (Å²) >= 11 is 1.36. The number of methoxy groups -OCH3 is 1. The van der Waals surface area contributed by atoms with Crippen LogP contribution in [0.5, 0.6) is 11.5 Å². The first kappa shape index (κ1) is 20.7. The molecule has 3 rings (SSSR count). The highest BCUT2D eigenvalue weighted by Crippen LogP contribution is 2.20. The lowest BCUT2D eigenvalue weighted by atomic mass is 10.1. The third-order valence-electron chi connectivity index (χ3n) is 4.23. The first-order chi connectivity index (χ1) is 14.1. The molecule has 1 heterocycles. The number of anilines is 1. The van der Waals surface area contributed by atoms with Crippen molar-refractivity contribution in [3.8, 4) is 11.5 Å². The third kappa shape index (κ3) is 5.74. The summed E-state index contributed by atoms with van der Waals surface area (Å²) in [5.41, 5.74) is 1.85. The molecule has 0 spiro atoms. The van der Waals surface area contributed by atoms with Gasteiger partial charge < -0.3 is 19.4 Å². The fourth-order valence-corrected chi connectivity index (χ4v) is 3.41. The molecular formula is C21H24N4O3S. The van der Waals surface area contributed by atoms with Crippen molar-refractivity contribution < 1.29 is 14.3 Å². The predicted octanol–water partition coefficient (Wildman–Crippen LogP) is 3.54. The molecule has 2 aromatic carbocycles. The zero-order chi connectivity index (χ0) is 20.6. The Hall–Kier alpha value is -3.00. The highest BCUT2D eigenvalue weighted by Gasteiger charge is 2.12. The molecule has 1 aromatic heterocycles. The van der Waals surface area contributed by atoms with E-state index < -0.39 is 0 Å². The molecule has 0 unspecified atom stereocenters. The van der Waals surface area contributed by atoms with Gasteiger partial charge in [0.25, 0.3) is 0 Å². The fraction of sp³-hybridized carbons (Fsp3) is 0.286. The number of carbonyl (C=O) groups is 1. The van der Waals surface area contributed by atoms with E-state index in [0.29, 0.717) is 18.2 Å². The maximum absolute atomic E-state index is 12.2. The van der Waals surface area contributed by atoms with Gasteiger partial charge >= 0.3 is 0 Å². The van der Waals surface area contributed by atoms with Gasteiger partial charge in [0.15, 0.2) is 5.16 Å². The van der Waals surface area contributed by atoms with E-state index >= 15 is 0 Å². The number of nitrogens with one attached hydrogen (secondary N) is 1.